The second-order valence-corrected chi connectivity index (χ2v) is 27.6. The summed E-state index contributed by atoms with van der Waals surface area (Å²) in [5.41, 5.74) is 6.83. The van der Waals surface area contributed by atoms with Crippen molar-refractivity contribution in [3.8, 4) is 0 Å². The SMILES string of the molecule is CC(=CCC[C@@H](C)[C@H]1CC[C@H]2[C@@H]3CCC4=CC(=O)CC[C@]4(C)[C@H]3CC[C@]12C)C(=O)SCCNC(=O)CCNC(=O)[C@H](O)C(C)(C)COP(=O)(O)OP(=O)(O)OC[C@H]1O[C@@H](n2cnc3c(N)ncnc32)[C@H](O)[C@@H]1OP(=O)(O)O. The Hall–Kier alpha value is -3.29. The highest BCUT2D eigenvalue weighted by molar-refractivity contribution is 8.14. The Morgan fingerprint density at radius 3 is 2.45 bits per heavy atom. The monoisotopic (exact) mass is 1160 g/mol. The van der Waals surface area contributed by atoms with Gasteiger partial charge in [-0.3, -0.25) is 37.3 Å². The zero-order chi connectivity index (χ0) is 56.5. The van der Waals surface area contributed by atoms with E-state index in [1.165, 1.54) is 51.5 Å². The molecule has 0 radical (unpaired) electrons. The van der Waals surface area contributed by atoms with Crippen LogP contribution in [0.3, 0.4) is 0 Å². The second-order valence-electron chi connectivity index (χ2n) is 22.3. The molecule has 0 bridgehead atoms. The minimum Gasteiger partial charge on any atom is -0.386 e. The van der Waals surface area contributed by atoms with Gasteiger partial charge in [-0.1, -0.05) is 58.0 Å². The fraction of sp³-hybridized carbons (Fsp3) is 0.729. The number of rotatable bonds is 24. The number of carbonyl (C=O) groups excluding carboxylic acids is 4. The number of nitrogens with one attached hydrogen (secondary N) is 2. The third kappa shape index (κ3) is 14.4. The Morgan fingerprint density at radius 1 is 1.00 bits per heavy atom. The molecule has 29 heteroatoms. The zero-order valence-corrected chi connectivity index (χ0v) is 47.6. The Morgan fingerprint density at radius 2 is 1.73 bits per heavy atom. The Bertz CT molecular complexity index is 2740. The molecule has 7 rings (SSSR count). The van der Waals surface area contributed by atoms with Gasteiger partial charge < -0.3 is 50.9 Å². The third-order valence-corrected chi connectivity index (χ3v) is 20.9. The van der Waals surface area contributed by atoms with E-state index in [0.717, 1.165) is 66.5 Å². The molecule has 2 unspecified atom stereocenters. The topological polar surface area (TPSA) is 381 Å². The molecule has 1 aliphatic heterocycles. The molecule has 4 aliphatic carbocycles. The summed E-state index contributed by atoms with van der Waals surface area (Å²) in [4.78, 5) is 102. The van der Waals surface area contributed by atoms with Crippen molar-refractivity contribution >= 4 is 74.9 Å². The number of phosphoric acid groups is 3. The number of anilines is 1. The summed E-state index contributed by atoms with van der Waals surface area (Å²) in [7, 11) is -16.5. The summed E-state index contributed by atoms with van der Waals surface area (Å²) >= 11 is 1.10. The molecular weight excluding hydrogens is 1090 g/mol. The highest BCUT2D eigenvalue weighted by Gasteiger charge is 2.59. The molecule has 3 heterocycles. The van der Waals surface area contributed by atoms with Gasteiger partial charge in [0.15, 0.2) is 23.5 Å². The number of allylic oxidation sites excluding steroid dienone is 2. The highest BCUT2D eigenvalue weighted by atomic mass is 32.2. The number of nitrogens with zero attached hydrogens (tertiary/aromatic N) is 4. The molecule has 2 amide bonds. The zero-order valence-electron chi connectivity index (χ0n) is 44.1. The van der Waals surface area contributed by atoms with Gasteiger partial charge in [0, 0.05) is 37.1 Å². The van der Waals surface area contributed by atoms with Gasteiger partial charge in [0.2, 0.25) is 16.9 Å². The molecule has 2 aromatic heterocycles. The van der Waals surface area contributed by atoms with Crippen LogP contribution in [-0.4, -0.2) is 128 Å². The van der Waals surface area contributed by atoms with Gasteiger partial charge in [-0.15, -0.1) is 0 Å². The summed E-state index contributed by atoms with van der Waals surface area (Å²) < 4.78 is 62.8. The number of thioether (sulfide) groups is 1. The lowest BCUT2D eigenvalue weighted by Crippen LogP contribution is -2.50. The number of imidazole rings is 1. The van der Waals surface area contributed by atoms with Crippen LogP contribution in [-0.2, 0) is 55.5 Å². The van der Waals surface area contributed by atoms with Gasteiger partial charge in [0.1, 0.15) is 36.3 Å². The van der Waals surface area contributed by atoms with Crippen molar-refractivity contribution in [1.82, 2.24) is 30.2 Å². The predicted octanol–water partition coefficient (Wildman–Crippen LogP) is 5.18. The van der Waals surface area contributed by atoms with Gasteiger partial charge in [-0.05, 0) is 117 Å². The van der Waals surface area contributed by atoms with Crippen LogP contribution >= 0.6 is 35.2 Å². The number of aliphatic hydroxyl groups excluding tert-OH is 2. The lowest BCUT2D eigenvalue weighted by atomic mass is 9.46. The van der Waals surface area contributed by atoms with E-state index in [2.05, 4.69) is 55.2 Å². The van der Waals surface area contributed by atoms with Crippen LogP contribution in [0.15, 0.2) is 36.0 Å². The lowest BCUT2D eigenvalue weighted by molar-refractivity contribution is -0.137. The summed E-state index contributed by atoms with van der Waals surface area (Å²) in [5.74, 6) is 2.45. The van der Waals surface area contributed by atoms with Gasteiger partial charge in [0.25, 0.3) is 0 Å². The maximum absolute atomic E-state index is 13.0. The number of hydrogen-bond donors (Lipinski definition) is 9. The Balaban J connectivity index is 0.773. The van der Waals surface area contributed by atoms with Gasteiger partial charge in [-0.25, -0.2) is 28.6 Å². The molecule has 10 N–H and O–H groups in total. The van der Waals surface area contributed by atoms with E-state index < -0.39 is 84.6 Å². The lowest BCUT2D eigenvalue weighted by Gasteiger charge is -2.58. The number of nitrogens with two attached hydrogens (primary N) is 1. The van der Waals surface area contributed by atoms with Crippen LogP contribution in [0.5, 0.6) is 0 Å². The number of fused-ring (bicyclic) bond motifs is 6. The molecule has 3 saturated carbocycles. The third-order valence-electron chi connectivity index (χ3n) is 16.9. The van der Waals surface area contributed by atoms with E-state index in [1.807, 2.05) is 19.1 Å². The number of aliphatic hydroxyl groups is 2. The van der Waals surface area contributed by atoms with E-state index in [9.17, 15) is 62.7 Å². The molecular formula is C48H74N7O18P3S. The van der Waals surface area contributed by atoms with Crippen molar-refractivity contribution in [1.29, 1.82) is 0 Å². The van der Waals surface area contributed by atoms with Crippen molar-refractivity contribution < 1.29 is 85.3 Å². The number of ketones is 1. The van der Waals surface area contributed by atoms with Crippen LogP contribution in [0.25, 0.3) is 11.2 Å². The molecule has 14 atom stereocenters. The summed E-state index contributed by atoms with van der Waals surface area (Å²) in [6.45, 7) is 9.64. The second kappa shape index (κ2) is 24.4. The number of ether oxygens (including phenoxy) is 1. The van der Waals surface area contributed by atoms with Crippen LogP contribution < -0.4 is 16.4 Å². The van der Waals surface area contributed by atoms with Gasteiger partial charge in [0.05, 0.1) is 19.5 Å². The average Bonchev–Trinajstić information content (AvgIpc) is 4.21. The first kappa shape index (κ1) is 61.3. The maximum atomic E-state index is 13.0. The number of amides is 2. The molecule has 25 nitrogen and oxygen atoms in total. The van der Waals surface area contributed by atoms with E-state index >= 15 is 0 Å². The van der Waals surface area contributed by atoms with E-state index in [1.54, 1.807) is 0 Å². The minimum atomic E-state index is -5.59. The quantitative estimate of drug-likeness (QED) is 0.0371. The predicted molar refractivity (Wildman–Crippen MR) is 279 cm³/mol. The number of nitrogen functional groups attached to an aromatic ring is 1. The Labute approximate surface area is 451 Å². The molecule has 0 spiro atoms. The smallest absolute Gasteiger partial charge is 0.386 e. The van der Waals surface area contributed by atoms with Gasteiger partial charge >= 0.3 is 23.5 Å². The molecule has 0 aromatic carbocycles. The minimum absolute atomic E-state index is 0.0299. The number of carbonyl (C=O) groups is 4. The Kier molecular flexibility index (Phi) is 19.5. The highest BCUT2D eigenvalue weighted by Crippen LogP contribution is 2.68. The average molecular weight is 1160 g/mol. The molecule has 77 heavy (non-hydrogen) atoms. The first-order chi connectivity index (χ1) is 35.9. The standard InChI is InChI=1S/C48H74N7O18P3S/c1-27(32-12-13-33-31-11-10-29-22-30(56)14-17-47(29,5)34(31)15-18-48(32,33)6)8-7-9-28(2)45(61)77-21-20-50-36(57)16-19-51-43(60)40(59)46(3,4)24-70-76(67,68)73-75(65,66)69-23-35-39(72-74(62,63)64)38(58)44(71-35)55-26-54-37-41(49)52-25-53-42(37)55/h9,22,25-27,31-35,38-40,44,58-59H,7-8,10-21,23-24H2,1-6H3,(H,50,57)(H,51,60)(H,65,66)(H,67,68)(H2,49,52,53)(H2,62,63,64)/t27-,31+,32-,33+,34+,35-,38-,39-,40+,44-,47+,48-/m1/s1. The van der Waals surface area contributed by atoms with Crippen molar-refractivity contribution in [3.05, 3.63) is 36.0 Å². The van der Waals surface area contributed by atoms with Gasteiger partial charge in [-0.2, -0.15) is 4.31 Å². The van der Waals surface area contributed by atoms with Crippen LogP contribution in [0.1, 0.15) is 118 Å². The molecule has 4 fully saturated rings. The fourth-order valence-corrected chi connectivity index (χ4v) is 16.3. The number of hydrogen-bond acceptors (Lipinski definition) is 19. The molecule has 1 saturated heterocycles. The van der Waals surface area contributed by atoms with E-state index in [0.29, 0.717) is 46.7 Å². The molecule has 430 valence electrons. The molecule has 5 aliphatic rings. The normalized spacial score (nSPS) is 31.0. The number of phosphoric ester groups is 3. The first-order valence-electron chi connectivity index (χ1n) is 25.9. The van der Waals surface area contributed by atoms with Crippen LogP contribution in [0.2, 0.25) is 0 Å². The maximum Gasteiger partial charge on any atom is 0.481 e. The first-order valence-corrected chi connectivity index (χ1v) is 31.4. The number of aromatic nitrogens is 4. The summed E-state index contributed by atoms with van der Waals surface area (Å²) in [5, 5.41) is 26.7. The molecule has 2 aromatic rings. The summed E-state index contributed by atoms with van der Waals surface area (Å²) in [6, 6.07) is 0. The fourth-order valence-electron chi connectivity index (χ4n) is 12.8. The van der Waals surface area contributed by atoms with Crippen LogP contribution in [0.4, 0.5) is 5.82 Å². The van der Waals surface area contributed by atoms with Crippen molar-refractivity contribution in [2.75, 3.05) is 37.8 Å². The largest absolute Gasteiger partial charge is 0.481 e. The van der Waals surface area contributed by atoms with Crippen LogP contribution in [0, 0.1) is 45.8 Å². The van der Waals surface area contributed by atoms with Crippen molar-refractivity contribution in [3.63, 3.8) is 0 Å². The van der Waals surface area contributed by atoms with E-state index in [4.69, 9.17) is 19.5 Å². The van der Waals surface area contributed by atoms with Crippen molar-refractivity contribution in [2.45, 2.75) is 143 Å². The van der Waals surface area contributed by atoms with Crippen molar-refractivity contribution in [2.24, 2.45) is 45.8 Å². The summed E-state index contributed by atoms with van der Waals surface area (Å²) in [6.07, 6.45) is 7.76. The van der Waals surface area contributed by atoms with E-state index in [-0.39, 0.29) is 47.0 Å².